The number of hydrogen-bond donors (Lipinski definition) is 0. The largest absolute Gasteiger partial charge is 0.370 e. The summed E-state index contributed by atoms with van der Waals surface area (Å²) in [5, 5.41) is 0. The molecule has 1 saturated carbocycles. The lowest BCUT2D eigenvalue weighted by Gasteiger charge is -2.34. The number of hydrogen-bond acceptors (Lipinski definition) is 2. The molecule has 1 aromatic heterocycles. The van der Waals surface area contributed by atoms with Crippen LogP contribution < -0.4 is 4.90 Å². The van der Waals surface area contributed by atoms with Crippen molar-refractivity contribution in [2.75, 3.05) is 18.0 Å². The van der Waals surface area contributed by atoms with E-state index in [1.54, 1.807) is 0 Å². The van der Waals surface area contributed by atoms with Crippen LogP contribution in [-0.2, 0) is 0 Å². The van der Waals surface area contributed by atoms with Crippen LogP contribution in [0.5, 0.6) is 0 Å². The highest BCUT2D eigenvalue weighted by atomic mass is 15.1. The molecule has 1 saturated heterocycles. The summed E-state index contributed by atoms with van der Waals surface area (Å²) in [6, 6.07) is 4.43. The molecule has 1 aliphatic carbocycles. The van der Waals surface area contributed by atoms with Gasteiger partial charge in [0.25, 0.3) is 0 Å². The third-order valence-electron chi connectivity index (χ3n) is 5.08. The van der Waals surface area contributed by atoms with E-state index in [1.807, 2.05) is 0 Å². The van der Waals surface area contributed by atoms with Crippen LogP contribution in [0.2, 0.25) is 0 Å². The lowest BCUT2D eigenvalue weighted by Crippen LogP contribution is -2.35. The zero-order chi connectivity index (χ0) is 12.8. The minimum absolute atomic E-state index is 0.524. The van der Waals surface area contributed by atoms with Crippen molar-refractivity contribution in [1.29, 1.82) is 0 Å². The number of rotatable bonds is 2. The minimum atomic E-state index is 0.524. The van der Waals surface area contributed by atoms with Gasteiger partial charge in [0.2, 0.25) is 0 Å². The number of pyridine rings is 1. The first-order valence-corrected chi connectivity index (χ1v) is 7.32. The van der Waals surface area contributed by atoms with Gasteiger partial charge in [-0.2, -0.15) is 0 Å². The van der Waals surface area contributed by atoms with Crippen molar-refractivity contribution < 1.29 is 0 Å². The van der Waals surface area contributed by atoms with Gasteiger partial charge in [-0.25, -0.2) is 0 Å². The fourth-order valence-electron chi connectivity index (χ4n) is 3.38. The Morgan fingerprint density at radius 3 is 2.39 bits per heavy atom. The topological polar surface area (TPSA) is 16.1 Å². The molecular weight excluding hydrogens is 220 g/mol. The average Bonchev–Trinajstić information content (AvgIpc) is 3.00. The molecule has 1 atom stereocenters. The first kappa shape index (κ1) is 12.0. The number of anilines is 1. The van der Waals surface area contributed by atoms with Crippen molar-refractivity contribution in [3.8, 4) is 0 Å². The van der Waals surface area contributed by atoms with E-state index in [1.165, 1.54) is 43.7 Å². The summed E-state index contributed by atoms with van der Waals surface area (Å²) in [4.78, 5) is 7.09. The van der Waals surface area contributed by atoms with Crippen LogP contribution in [0.3, 0.4) is 0 Å². The summed E-state index contributed by atoms with van der Waals surface area (Å²) in [5.74, 6) is 1.50. The van der Waals surface area contributed by atoms with Crippen molar-refractivity contribution in [3.63, 3.8) is 0 Å². The first-order valence-electron chi connectivity index (χ1n) is 7.32. The molecule has 2 aliphatic rings. The van der Waals surface area contributed by atoms with Crippen LogP contribution in [0.15, 0.2) is 18.3 Å². The molecule has 0 radical (unpaired) electrons. The van der Waals surface area contributed by atoms with Crippen LogP contribution in [0.25, 0.3) is 0 Å². The molecule has 1 aliphatic heterocycles. The molecule has 1 aromatic rings. The summed E-state index contributed by atoms with van der Waals surface area (Å²) in [7, 11) is 0. The number of nitrogens with zero attached hydrogens (tertiary/aromatic N) is 2. The second-order valence-electron chi connectivity index (χ2n) is 6.55. The van der Waals surface area contributed by atoms with E-state index in [9.17, 15) is 0 Å². The molecule has 98 valence electrons. The molecule has 18 heavy (non-hydrogen) atoms. The zero-order valence-corrected chi connectivity index (χ0v) is 11.8. The summed E-state index contributed by atoms with van der Waals surface area (Å²) < 4.78 is 0. The van der Waals surface area contributed by atoms with Gasteiger partial charge in [0, 0.05) is 18.8 Å². The smallest absolute Gasteiger partial charge is 0.0552 e. The van der Waals surface area contributed by atoms with Gasteiger partial charge in [-0.05, 0) is 48.6 Å². The molecule has 2 heteroatoms. The van der Waals surface area contributed by atoms with Crippen LogP contribution in [0.1, 0.15) is 51.6 Å². The van der Waals surface area contributed by atoms with Crippen LogP contribution in [-0.4, -0.2) is 18.1 Å². The molecule has 0 aromatic carbocycles. The Kier molecular flexibility index (Phi) is 2.84. The maximum atomic E-state index is 4.58. The third kappa shape index (κ3) is 2.02. The van der Waals surface area contributed by atoms with Gasteiger partial charge in [0.05, 0.1) is 11.9 Å². The summed E-state index contributed by atoms with van der Waals surface area (Å²) >= 11 is 0. The third-order valence-corrected chi connectivity index (χ3v) is 5.08. The van der Waals surface area contributed by atoms with E-state index in [2.05, 4.69) is 49.0 Å². The monoisotopic (exact) mass is 244 g/mol. The predicted molar refractivity (Wildman–Crippen MR) is 76.0 cm³/mol. The van der Waals surface area contributed by atoms with Gasteiger partial charge in [0.15, 0.2) is 0 Å². The van der Waals surface area contributed by atoms with Crippen molar-refractivity contribution in [2.24, 2.45) is 11.3 Å². The minimum Gasteiger partial charge on any atom is -0.370 e. The average molecular weight is 244 g/mol. The van der Waals surface area contributed by atoms with Gasteiger partial charge >= 0.3 is 0 Å². The van der Waals surface area contributed by atoms with Crippen LogP contribution in [0, 0.1) is 11.3 Å². The van der Waals surface area contributed by atoms with E-state index in [0.717, 1.165) is 11.3 Å². The molecule has 0 N–H and O–H groups in total. The molecule has 0 amide bonds. The van der Waals surface area contributed by atoms with E-state index < -0.39 is 0 Å². The summed E-state index contributed by atoms with van der Waals surface area (Å²) in [5.41, 5.74) is 3.23. The predicted octanol–water partition coefficient (Wildman–Crippen LogP) is 3.83. The summed E-state index contributed by atoms with van der Waals surface area (Å²) in [6.45, 7) is 9.23. The van der Waals surface area contributed by atoms with E-state index in [-0.39, 0.29) is 0 Å². The Balaban J connectivity index is 1.65. The normalized spacial score (nSPS) is 25.8. The first-order chi connectivity index (χ1) is 8.61. The van der Waals surface area contributed by atoms with Gasteiger partial charge in [-0.15, -0.1) is 0 Å². The molecule has 2 fully saturated rings. The fraction of sp³-hybridized carbons (Fsp3) is 0.688. The Morgan fingerprint density at radius 2 is 1.94 bits per heavy atom. The van der Waals surface area contributed by atoms with Crippen LogP contribution >= 0.6 is 0 Å². The molecular formula is C16H24N2. The van der Waals surface area contributed by atoms with Crippen LogP contribution in [0.4, 0.5) is 5.69 Å². The Morgan fingerprint density at radius 1 is 1.28 bits per heavy atom. The van der Waals surface area contributed by atoms with Crippen molar-refractivity contribution in [2.45, 2.75) is 46.0 Å². The summed E-state index contributed by atoms with van der Waals surface area (Å²) in [6.07, 6.45) is 6.27. The highest BCUT2D eigenvalue weighted by Crippen LogP contribution is 2.59. The molecule has 1 unspecified atom stereocenters. The number of piperidine rings is 1. The lowest BCUT2D eigenvalue weighted by atomic mass is 9.91. The van der Waals surface area contributed by atoms with E-state index >= 15 is 0 Å². The standard InChI is InChI=1S/C16H24N2/c1-12(2)15-5-4-14(11-17-15)18-8-6-16(7-9-18)10-13(16)3/h4-5,11-13H,6-10H2,1-3H3. The lowest BCUT2D eigenvalue weighted by molar-refractivity contribution is 0.356. The molecule has 2 nitrogen and oxygen atoms in total. The second kappa shape index (κ2) is 4.25. The van der Waals surface area contributed by atoms with E-state index in [4.69, 9.17) is 0 Å². The maximum Gasteiger partial charge on any atom is 0.0552 e. The Bertz CT molecular complexity index is 413. The molecule has 1 spiro atoms. The highest BCUT2D eigenvalue weighted by molar-refractivity contribution is 5.45. The van der Waals surface area contributed by atoms with Crippen molar-refractivity contribution in [3.05, 3.63) is 24.0 Å². The second-order valence-corrected chi connectivity index (χ2v) is 6.55. The number of aromatic nitrogens is 1. The Labute approximate surface area is 110 Å². The van der Waals surface area contributed by atoms with Gasteiger partial charge in [-0.3, -0.25) is 4.98 Å². The van der Waals surface area contributed by atoms with E-state index in [0.29, 0.717) is 5.92 Å². The molecule has 0 bridgehead atoms. The fourth-order valence-corrected chi connectivity index (χ4v) is 3.38. The SMILES string of the molecule is CC(C)c1ccc(N2CCC3(CC2)CC3C)cn1. The quantitative estimate of drug-likeness (QED) is 0.786. The Hall–Kier alpha value is -1.05. The van der Waals surface area contributed by atoms with Crippen molar-refractivity contribution >= 4 is 5.69 Å². The van der Waals surface area contributed by atoms with Gasteiger partial charge in [0.1, 0.15) is 0 Å². The zero-order valence-electron chi connectivity index (χ0n) is 11.8. The molecule has 2 heterocycles. The van der Waals surface area contributed by atoms with Gasteiger partial charge in [-0.1, -0.05) is 20.8 Å². The molecule has 3 rings (SSSR count). The highest BCUT2D eigenvalue weighted by Gasteiger charge is 2.51. The van der Waals surface area contributed by atoms with Gasteiger partial charge < -0.3 is 4.90 Å². The maximum absolute atomic E-state index is 4.58. The van der Waals surface area contributed by atoms with Crippen molar-refractivity contribution in [1.82, 2.24) is 4.98 Å².